The van der Waals surface area contributed by atoms with Crippen molar-refractivity contribution in [3.05, 3.63) is 35.7 Å². The zero-order valence-corrected chi connectivity index (χ0v) is 23.1. The lowest BCUT2D eigenvalue weighted by Crippen LogP contribution is -2.51. The monoisotopic (exact) mass is 501 g/mol. The Kier molecular flexibility index (Phi) is 7.60. The van der Waals surface area contributed by atoms with Crippen molar-refractivity contribution in [2.24, 2.45) is 0 Å². The minimum absolute atomic E-state index is 0.0444. The molecule has 2 atom stereocenters. The van der Waals surface area contributed by atoms with Crippen LogP contribution in [0.5, 0.6) is 17.2 Å². The summed E-state index contributed by atoms with van der Waals surface area (Å²) >= 11 is 0. The highest BCUT2D eigenvalue weighted by Gasteiger charge is 2.46. The molecule has 0 radical (unpaired) electrons. The van der Waals surface area contributed by atoms with Gasteiger partial charge in [-0.3, -0.25) is 9.58 Å². The Morgan fingerprint density at radius 2 is 1.78 bits per heavy atom. The molecule has 0 amide bonds. The molecule has 200 valence electrons. The highest BCUT2D eigenvalue weighted by atomic mass is 16.5. The first-order chi connectivity index (χ1) is 16.9. The fourth-order valence-corrected chi connectivity index (χ4v) is 5.06. The summed E-state index contributed by atoms with van der Waals surface area (Å²) in [5.41, 5.74) is 1.21. The van der Waals surface area contributed by atoms with Crippen LogP contribution in [0.15, 0.2) is 24.4 Å². The second-order valence-corrected chi connectivity index (χ2v) is 11.6. The lowest BCUT2D eigenvalue weighted by molar-refractivity contribution is -0.110. The predicted molar refractivity (Wildman–Crippen MR) is 139 cm³/mol. The number of likely N-dealkylation sites (tertiary alicyclic amines) is 1. The predicted octanol–water partition coefficient (Wildman–Crippen LogP) is 5.21. The molecular weight excluding hydrogens is 458 g/mol. The number of aromatic nitrogens is 2. The van der Waals surface area contributed by atoms with Crippen molar-refractivity contribution in [2.75, 3.05) is 20.2 Å². The van der Waals surface area contributed by atoms with Gasteiger partial charge in [0.05, 0.1) is 31.1 Å². The number of fused-ring (bicyclic) bond motifs is 1. The molecule has 2 aromatic rings. The molecule has 1 fully saturated rings. The van der Waals surface area contributed by atoms with Crippen LogP contribution in [0, 0.1) is 0 Å². The molecule has 4 rings (SSSR count). The highest BCUT2D eigenvalue weighted by Crippen LogP contribution is 2.47. The minimum atomic E-state index is -0.727. The van der Waals surface area contributed by atoms with Crippen molar-refractivity contribution >= 4 is 0 Å². The van der Waals surface area contributed by atoms with E-state index in [9.17, 15) is 5.11 Å². The van der Waals surface area contributed by atoms with Crippen molar-refractivity contribution in [1.82, 2.24) is 14.7 Å². The Morgan fingerprint density at radius 1 is 1.08 bits per heavy atom. The quantitative estimate of drug-likeness (QED) is 0.558. The summed E-state index contributed by atoms with van der Waals surface area (Å²) in [7, 11) is 1.62. The number of ether oxygens (including phenoxy) is 4. The van der Waals surface area contributed by atoms with Crippen molar-refractivity contribution in [3.8, 4) is 17.2 Å². The van der Waals surface area contributed by atoms with E-state index in [-0.39, 0.29) is 29.5 Å². The molecule has 1 N–H and O–H groups in total. The summed E-state index contributed by atoms with van der Waals surface area (Å²) in [4.78, 5) is 2.10. The second-order valence-electron chi connectivity index (χ2n) is 11.6. The van der Waals surface area contributed by atoms with E-state index in [1.165, 1.54) is 0 Å². The van der Waals surface area contributed by atoms with Crippen LogP contribution in [-0.2, 0) is 10.3 Å². The van der Waals surface area contributed by atoms with Crippen LogP contribution in [0.25, 0.3) is 0 Å². The van der Waals surface area contributed by atoms with E-state index in [2.05, 4.69) is 39.5 Å². The van der Waals surface area contributed by atoms with Crippen LogP contribution < -0.4 is 14.2 Å². The van der Waals surface area contributed by atoms with E-state index in [0.29, 0.717) is 24.6 Å². The molecule has 1 saturated heterocycles. The van der Waals surface area contributed by atoms with Gasteiger partial charge in [-0.15, -0.1) is 0 Å². The molecule has 8 heteroatoms. The lowest BCUT2D eigenvalue weighted by Gasteiger charge is -2.46. The average Bonchev–Trinajstić information content (AvgIpc) is 3.23. The van der Waals surface area contributed by atoms with Gasteiger partial charge in [0.1, 0.15) is 23.6 Å². The number of aliphatic hydroxyl groups is 1. The molecule has 36 heavy (non-hydrogen) atoms. The number of nitrogens with zero attached hydrogens (tertiary/aromatic N) is 3. The Bertz CT molecular complexity index is 1030. The van der Waals surface area contributed by atoms with Gasteiger partial charge in [-0.2, -0.15) is 5.10 Å². The van der Waals surface area contributed by atoms with Gasteiger partial charge in [-0.05, 0) is 66.2 Å². The van der Waals surface area contributed by atoms with Crippen LogP contribution in [0.1, 0.15) is 91.3 Å². The lowest BCUT2D eigenvalue weighted by atomic mass is 9.82. The molecule has 2 aliphatic rings. The van der Waals surface area contributed by atoms with Crippen LogP contribution in [-0.4, -0.2) is 57.8 Å². The topological polar surface area (TPSA) is 78.2 Å². The van der Waals surface area contributed by atoms with E-state index >= 15 is 0 Å². The molecule has 1 spiro atoms. The highest BCUT2D eigenvalue weighted by molar-refractivity contribution is 5.43. The summed E-state index contributed by atoms with van der Waals surface area (Å²) in [6, 6.07) is 5.64. The average molecular weight is 502 g/mol. The maximum atomic E-state index is 11.2. The van der Waals surface area contributed by atoms with E-state index in [0.717, 1.165) is 36.3 Å². The molecule has 8 nitrogen and oxygen atoms in total. The maximum absolute atomic E-state index is 11.2. The van der Waals surface area contributed by atoms with Crippen molar-refractivity contribution in [1.29, 1.82) is 0 Å². The molecular formula is C28H43N3O5. The van der Waals surface area contributed by atoms with E-state index in [1.807, 2.05) is 42.9 Å². The molecule has 1 aromatic carbocycles. The summed E-state index contributed by atoms with van der Waals surface area (Å²) in [5, 5.41) is 16.0. The molecule has 3 heterocycles. The van der Waals surface area contributed by atoms with Crippen LogP contribution >= 0.6 is 0 Å². The first kappa shape index (κ1) is 26.8. The Morgan fingerprint density at radius 3 is 2.36 bits per heavy atom. The van der Waals surface area contributed by atoms with Crippen LogP contribution in [0.3, 0.4) is 0 Å². The van der Waals surface area contributed by atoms with Gasteiger partial charge in [-0.1, -0.05) is 6.07 Å². The van der Waals surface area contributed by atoms with Gasteiger partial charge in [0, 0.05) is 32.4 Å². The van der Waals surface area contributed by atoms with Gasteiger partial charge >= 0.3 is 0 Å². The van der Waals surface area contributed by atoms with Crippen molar-refractivity contribution < 1.29 is 24.1 Å². The normalized spacial score (nSPS) is 20.9. The van der Waals surface area contributed by atoms with Gasteiger partial charge in [0.15, 0.2) is 17.2 Å². The first-order valence-electron chi connectivity index (χ1n) is 13.1. The zero-order valence-electron chi connectivity index (χ0n) is 23.1. The number of hydrogen-bond donors (Lipinski definition) is 1. The summed E-state index contributed by atoms with van der Waals surface area (Å²) < 4.78 is 26.3. The van der Waals surface area contributed by atoms with Crippen molar-refractivity contribution in [3.63, 3.8) is 0 Å². The molecule has 0 saturated carbocycles. The van der Waals surface area contributed by atoms with Crippen LogP contribution in [0.4, 0.5) is 0 Å². The Hall–Kier alpha value is -2.29. The van der Waals surface area contributed by atoms with E-state index < -0.39 is 6.23 Å². The number of benzene rings is 1. The van der Waals surface area contributed by atoms with Crippen molar-refractivity contribution in [2.45, 2.75) is 103 Å². The summed E-state index contributed by atoms with van der Waals surface area (Å²) in [6.45, 7) is 15.9. The molecule has 2 unspecified atom stereocenters. The molecule has 0 bridgehead atoms. The first-order valence-corrected chi connectivity index (χ1v) is 13.1. The number of rotatable bonds is 7. The Labute approximate surface area is 215 Å². The standard InChI is InChI=1S/C28H43N3O5/c1-18(2)34-21-10-9-20(15-22(21)33-8)26(32)30-13-11-28(12-14-30)16-23(35-19(3)4)25-24(36-28)17-31(29-25)27(5,6)7/h9-10,15,17-19,23,26,32H,11-14,16H2,1-8H3. The minimum Gasteiger partial charge on any atom is -0.493 e. The van der Waals surface area contributed by atoms with Gasteiger partial charge in [0.25, 0.3) is 0 Å². The molecule has 2 aliphatic heterocycles. The third-order valence-electron chi connectivity index (χ3n) is 6.92. The number of piperidine rings is 1. The maximum Gasteiger partial charge on any atom is 0.163 e. The van der Waals surface area contributed by atoms with Crippen LogP contribution in [0.2, 0.25) is 0 Å². The zero-order chi connectivity index (χ0) is 26.3. The SMILES string of the molecule is COc1cc(C(O)N2CCC3(CC2)CC(OC(C)C)c2nn(C(C)(C)C)cc2O3)ccc1OC(C)C. The number of aliphatic hydroxyl groups excluding tert-OH is 1. The third-order valence-corrected chi connectivity index (χ3v) is 6.92. The fraction of sp³-hybridized carbons (Fsp3) is 0.679. The third kappa shape index (κ3) is 5.66. The Balaban J connectivity index is 1.49. The van der Waals surface area contributed by atoms with Gasteiger partial charge in [-0.25, -0.2) is 0 Å². The molecule has 0 aliphatic carbocycles. The van der Waals surface area contributed by atoms with E-state index in [4.69, 9.17) is 24.0 Å². The smallest absolute Gasteiger partial charge is 0.163 e. The van der Waals surface area contributed by atoms with Gasteiger partial charge < -0.3 is 24.1 Å². The molecule has 1 aromatic heterocycles. The van der Waals surface area contributed by atoms with Gasteiger partial charge in [0.2, 0.25) is 0 Å². The number of methoxy groups -OCH3 is 1. The largest absolute Gasteiger partial charge is 0.493 e. The summed E-state index contributed by atoms with van der Waals surface area (Å²) in [6.07, 6.45) is 3.68. The fourth-order valence-electron chi connectivity index (χ4n) is 5.06. The van der Waals surface area contributed by atoms with E-state index in [1.54, 1.807) is 7.11 Å². The summed E-state index contributed by atoms with van der Waals surface area (Å²) in [5.74, 6) is 2.13. The number of hydrogen-bond acceptors (Lipinski definition) is 7. The second kappa shape index (κ2) is 10.2.